The minimum absolute atomic E-state index is 0.0940. The topological polar surface area (TPSA) is 104 Å². The summed E-state index contributed by atoms with van der Waals surface area (Å²) in [6, 6.07) is 16.0. The molecule has 0 saturated heterocycles. The summed E-state index contributed by atoms with van der Waals surface area (Å²) in [5.41, 5.74) is 4.27. The molecule has 0 aliphatic carbocycles. The molecule has 0 bridgehead atoms. The summed E-state index contributed by atoms with van der Waals surface area (Å²) >= 11 is 0. The number of hydrogen-bond donors (Lipinski definition) is 1. The average molecular weight is 538 g/mol. The first kappa shape index (κ1) is 38.5. The monoisotopic (exact) mass is 537 g/mol. The first-order chi connectivity index (χ1) is 17.5. The highest BCUT2D eigenvalue weighted by Crippen LogP contribution is 2.23. The number of Topliss-reactive ketones (excluding diaryl/α,β-unsaturated/α-hetero) is 1. The van der Waals surface area contributed by atoms with Gasteiger partial charge in [0.05, 0.1) is 18.5 Å². The first-order valence-corrected chi connectivity index (χ1v) is 13.9. The predicted molar refractivity (Wildman–Crippen MR) is 157 cm³/mol. The lowest BCUT2D eigenvalue weighted by molar-refractivity contribution is -0.118. The molecule has 2 rings (SSSR count). The Labute approximate surface area is 225 Å². The molecular weight excluding hydrogens is 490 g/mol. The molecule has 8 nitrogen and oxygen atoms in total. The summed E-state index contributed by atoms with van der Waals surface area (Å²) in [5, 5.41) is 3.10. The van der Waals surface area contributed by atoms with Gasteiger partial charge in [-0.1, -0.05) is 51.5 Å². The summed E-state index contributed by atoms with van der Waals surface area (Å²) < 4.78 is 24.2. The standard InChI is InChI=1S/C14H22N2O3S.C10H15N.C2H6.2CH2O/c1-11(17)10-15(3)12(2)13-6-8-14(9-7-13)16(4)20(5,18)19;1-3-4-9-5-7-10(11-2)8-6-9;3*1-2/h6-9,12H,10H2,1-5H3;5-8,11H,3-4H2,1-2H3;1-2H3;2*1H2. The van der Waals surface area contributed by atoms with E-state index >= 15 is 0 Å². The number of carbonyl (C=O) groups is 3. The molecule has 0 fully saturated rings. The van der Waals surface area contributed by atoms with Crippen molar-refractivity contribution in [2.24, 2.45) is 0 Å². The number of ketones is 1. The van der Waals surface area contributed by atoms with Crippen LogP contribution in [0.3, 0.4) is 0 Å². The average Bonchev–Trinajstić information content (AvgIpc) is 2.91. The Balaban J connectivity index is -0.000000573. The molecule has 0 aromatic heterocycles. The molecule has 0 amide bonds. The molecule has 0 aliphatic rings. The SMILES string of the molecule is C=O.C=O.CC.CC(=O)CN(C)C(C)c1ccc(N(C)S(C)(=O)=O)cc1.CCCc1ccc(NC)cc1. The van der Waals surface area contributed by atoms with E-state index in [9.17, 15) is 13.2 Å². The third-order valence-electron chi connectivity index (χ3n) is 5.15. The van der Waals surface area contributed by atoms with Crippen LogP contribution in [0.15, 0.2) is 48.5 Å². The van der Waals surface area contributed by atoms with Gasteiger partial charge < -0.3 is 14.9 Å². The Morgan fingerprint density at radius 3 is 1.76 bits per heavy atom. The second-order valence-electron chi connectivity index (χ2n) is 7.81. The van der Waals surface area contributed by atoms with E-state index in [0.717, 1.165) is 5.56 Å². The third-order valence-corrected chi connectivity index (χ3v) is 6.36. The van der Waals surface area contributed by atoms with E-state index in [1.807, 2.05) is 65.5 Å². The van der Waals surface area contributed by atoms with E-state index in [1.165, 1.54) is 41.7 Å². The van der Waals surface area contributed by atoms with Crippen molar-refractivity contribution >= 4 is 40.8 Å². The zero-order chi connectivity index (χ0) is 29.6. The highest BCUT2D eigenvalue weighted by atomic mass is 32.2. The molecule has 1 unspecified atom stereocenters. The van der Waals surface area contributed by atoms with E-state index in [1.54, 1.807) is 19.1 Å². The molecule has 2 aromatic carbocycles. The van der Waals surface area contributed by atoms with Crippen molar-refractivity contribution in [1.29, 1.82) is 0 Å². The Morgan fingerprint density at radius 1 is 0.946 bits per heavy atom. The van der Waals surface area contributed by atoms with E-state index in [4.69, 9.17) is 9.59 Å². The quantitative estimate of drug-likeness (QED) is 0.480. The minimum Gasteiger partial charge on any atom is -0.388 e. The van der Waals surface area contributed by atoms with Gasteiger partial charge in [0.1, 0.15) is 19.4 Å². The zero-order valence-corrected chi connectivity index (χ0v) is 24.9. The van der Waals surface area contributed by atoms with Crippen LogP contribution in [0.5, 0.6) is 0 Å². The van der Waals surface area contributed by atoms with Gasteiger partial charge >= 0.3 is 0 Å². The molecule has 1 N–H and O–H groups in total. The molecule has 0 heterocycles. The minimum atomic E-state index is -3.24. The van der Waals surface area contributed by atoms with Crippen molar-refractivity contribution in [2.45, 2.75) is 53.5 Å². The van der Waals surface area contributed by atoms with Crippen LogP contribution in [0.25, 0.3) is 0 Å². The second kappa shape index (κ2) is 22.2. The maximum Gasteiger partial charge on any atom is 0.231 e. The van der Waals surface area contributed by atoms with Crippen LogP contribution in [0.2, 0.25) is 0 Å². The second-order valence-corrected chi connectivity index (χ2v) is 9.83. The molecule has 1 atom stereocenters. The molecular formula is C28H47N3O5S. The fourth-order valence-electron chi connectivity index (χ4n) is 3.02. The molecule has 37 heavy (non-hydrogen) atoms. The number of rotatable bonds is 9. The fraction of sp³-hybridized carbons (Fsp3) is 0.464. The van der Waals surface area contributed by atoms with Crippen molar-refractivity contribution in [3.05, 3.63) is 59.7 Å². The van der Waals surface area contributed by atoms with E-state index < -0.39 is 10.0 Å². The van der Waals surface area contributed by atoms with Crippen molar-refractivity contribution in [3.8, 4) is 0 Å². The Hall–Kier alpha value is -3.04. The molecule has 0 aliphatic heterocycles. The third kappa shape index (κ3) is 16.3. The van der Waals surface area contributed by atoms with Gasteiger partial charge in [-0.15, -0.1) is 0 Å². The van der Waals surface area contributed by atoms with Crippen molar-refractivity contribution < 1.29 is 22.8 Å². The molecule has 0 saturated carbocycles. The van der Waals surface area contributed by atoms with Crippen LogP contribution < -0.4 is 9.62 Å². The van der Waals surface area contributed by atoms with Gasteiger partial charge in [0.25, 0.3) is 0 Å². The van der Waals surface area contributed by atoms with E-state index in [2.05, 4.69) is 36.5 Å². The number of benzene rings is 2. The Bertz CT molecular complexity index is 947. The van der Waals surface area contributed by atoms with Crippen molar-refractivity contribution in [3.63, 3.8) is 0 Å². The summed E-state index contributed by atoms with van der Waals surface area (Å²) in [4.78, 5) is 29.1. The van der Waals surface area contributed by atoms with Crippen molar-refractivity contribution in [2.75, 3.05) is 43.6 Å². The van der Waals surface area contributed by atoms with E-state index in [-0.39, 0.29) is 11.8 Å². The van der Waals surface area contributed by atoms with Crippen LogP contribution in [-0.4, -0.2) is 66.6 Å². The number of sulfonamides is 1. The van der Waals surface area contributed by atoms with Crippen LogP contribution in [0.1, 0.15) is 58.2 Å². The highest BCUT2D eigenvalue weighted by molar-refractivity contribution is 7.92. The number of nitrogens with one attached hydrogen (secondary N) is 1. The molecule has 210 valence electrons. The largest absolute Gasteiger partial charge is 0.388 e. The van der Waals surface area contributed by atoms with Gasteiger partial charge in [0, 0.05) is 25.8 Å². The van der Waals surface area contributed by atoms with Gasteiger partial charge in [-0.05, 0) is 62.7 Å². The smallest absolute Gasteiger partial charge is 0.231 e. The summed E-state index contributed by atoms with van der Waals surface area (Å²) in [6.07, 6.45) is 3.58. The van der Waals surface area contributed by atoms with Gasteiger partial charge in [-0.2, -0.15) is 0 Å². The molecule has 2 aromatic rings. The number of carbonyl (C=O) groups excluding carboxylic acids is 3. The lowest BCUT2D eigenvalue weighted by Gasteiger charge is -2.24. The normalized spacial score (nSPS) is 10.4. The van der Waals surface area contributed by atoms with Crippen LogP contribution >= 0.6 is 0 Å². The maximum absolute atomic E-state index is 11.5. The molecule has 0 spiro atoms. The van der Waals surface area contributed by atoms with Gasteiger partial charge in [-0.3, -0.25) is 14.0 Å². The number of anilines is 2. The molecule has 9 heteroatoms. The zero-order valence-electron chi connectivity index (χ0n) is 24.1. The summed E-state index contributed by atoms with van der Waals surface area (Å²) in [6.45, 7) is 14.2. The highest BCUT2D eigenvalue weighted by Gasteiger charge is 2.15. The predicted octanol–water partition coefficient (Wildman–Crippen LogP) is 5.00. The summed E-state index contributed by atoms with van der Waals surface area (Å²) in [7, 11) is 2.11. The van der Waals surface area contributed by atoms with Crippen LogP contribution in [-0.2, 0) is 30.8 Å². The fourth-order valence-corrected chi connectivity index (χ4v) is 3.53. The Morgan fingerprint density at radius 2 is 1.41 bits per heavy atom. The number of hydrogen-bond acceptors (Lipinski definition) is 7. The number of likely N-dealkylation sites (N-methyl/N-ethyl adjacent to an activating group) is 1. The lowest BCUT2D eigenvalue weighted by atomic mass is 10.1. The first-order valence-electron chi connectivity index (χ1n) is 12.1. The number of aryl methyl sites for hydroxylation is 1. The van der Waals surface area contributed by atoms with Gasteiger partial charge in [0.15, 0.2) is 0 Å². The van der Waals surface area contributed by atoms with Gasteiger partial charge in [-0.25, -0.2) is 8.42 Å². The Kier molecular flexibility index (Phi) is 23.1. The summed E-state index contributed by atoms with van der Waals surface area (Å²) in [5.74, 6) is 0.118. The number of nitrogens with zero attached hydrogens (tertiary/aromatic N) is 2. The maximum atomic E-state index is 11.5. The lowest BCUT2D eigenvalue weighted by Crippen LogP contribution is -2.27. The van der Waals surface area contributed by atoms with Crippen LogP contribution in [0, 0.1) is 0 Å². The van der Waals surface area contributed by atoms with E-state index in [0.29, 0.717) is 12.2 Å². The van der Waals surface area contributed by atoms with Crippen molar-refractivity contribution in [1.82, 2.24) is 4.90 Å². The van der Waals surface area contributed by atoms with Crippen LogP contribution in [0.4, 0.5) is 11.4 Å². The van der Waals surface area contributed by atoms with Gasteiger partial charge in [0.2, 0.25) is 10.0 Å². The molecule has 0 radical (unpaired) electrons.